The Morgan fingerprint density at radius 2 is 1.94 bits per heavy atom. The zero-order valence-corrected chi connectivity index (χ0v) is 17.4. The molecule has 3 rings (SSSR count). The van der Waals surface area contributed by atoms with Gasteiger partial charge in [-0.2, -0.15) is 13.9 Å². The van der Waals surface area contributed by atoms with E-state index in [1.165, 1.54) is 24.3 Å². The van der Waals surface area contributed by atoms with Gasteiger partial charge in [0.1, 0.15) is 5.71 Å². The van der Waals surface area contributed by atoms with Gasteiger partial charge in [-0.05, 0) is 48.7 Å². The normalized spacial score (nSPS) is 13.8. The highest BCUT2D eigenvalue weighted by atomic mass is 19.3. The smallest absolute Gasteiger partial charge is 0.387 e. The van der Waals surface area contributed by atoms with Crippen molar-refractivity contribution in [3.63, 3.8) is 0 Å². The number of carbonyl (C=O) groups excluding carboxylic acids is 2. The molecule has 2 aromatic carbocycles. The molecule has 1 aliphatic rings. The first kappa shape index (κ1) is 22.2. The predicted octanol–water partition coefficient (Wildman–Crippen LogP) is 3.71. The Labute approximate surface area is 178 Å². The molecule has 0 aliphatic carbocycles. The van der Waals surface area contributed by atoms with E-state index < -0.39 is 12.5 Å². The molecule has 1 heterocycles. The molecule has 0 spiro atoms. The second-order valence-corrected chi connectivity index (χ2v) is 7.09. The molecule has 0 fully saturated rings. The summed E-state index contributed by atoms with van der Waals surface area (Å²) in [5.74, 6) is -0.542. The van der Waals surface area contributed by atoms with Gasteiger partial charge >= 0.3 is 6.61 Å². The number of nitrogens with zero attached hydrogens (tertiary/aromatic N) is 2. The fourth-order valence-electron chi connectivity index (χ4n) is 3.15. The van der Waals surface area contributed by atoms with Crippen molar-refractivity contribution in [1.29, 1.82) is 0 Å². The Balaban J connectivity index is 1.73. The number of carbonyl (C=O) groups is 2. The van der Waals surface area contributed by atoms with Crippen LogP contribution < -0.4 is 19.8 Å². The number of hydrazone groups is 1. The first-order chi connectivity index (χ1) is 14.8. The molecule has 31 heavy (non-hydrogen) atoms. The monoisotopic (exact) mass is 431 g/mol. The van der Waals surface area contributed by atoms with Crippen LogP contribution in [0.4, 0.5) is 14.5 Å². The van der Waals surface area contributed by atoms with Crippen LogP contribution in [0, 0.1) is 13.8 Å². The Hall–Kier alpha value is -3.49. The number of halogens is 2. The number of ether oxygens (including phenoxy) is 2. The van der Waals surface area contributed by atoms with Crippen molar-refractivity contribution in [2.45, 2.75) is 39.8 Å². The highest BCUT2D eigenvalue weighted by Gasteiger charge is 2.26. The van der Waals surface area contributed by atoms with E-state index in [1.54, 1.807) is 6.07 Å². The number of alkyl halides is 2. The summed E-state index contributed by atoms with van der Waals surface area (Å²) in [6.07, 6.45) is 0.406. The highest BCUT2D eigenvalue weighted by molar-refractivity contribution is 6.40. The number of benzene rings is 2. The molecule has 164 valence electrons. The molecule has 0 radical (unpaired) electrons. The van der Waals surface area contributed by atoms with Gasteiger partial charge in [0, 0.05) is 19.4 Å². The second kappa shape index (κ2) is 9.55. The summed E-state index contributed by atoms with van der Waals surface area (Å²) < 4.78 is 34.4. The quantitative estimate of drug-likeness (QED) is 0.725. The minimum Gasteiger partial charge on any atom is -0.493 e. The molecule has 2 amide bonds. The van der Waals surface area contributed by atoms with E-state index >= 15 is 0 Å². The minimum absolute atomic E-state index is 0.0908. The maximum absolute atomic E-state index is 12.6. The van der Waals surface area contributed by atoms with Gasteiger partial charge in [0.05, 0.1) is 12.8 Å². The molecule has 7 nitrogen and oxygen atoms in total. The van der Waals surface area contributed by atoms with E-state index in [0.717, 1.165) is 11.1 Å². The van der Waals surface area contributed by atoms with Crippen molar-refractivity contribution in [1.82, 2.24) is 5.32 Å². The van der Waals surface area contributed by atoms with Crippen molar-refractivity contribution in [2.75, 3.05) is 12.1 Å². The van der Waals surface area contributed by atoms with E-state index in [9.17, 15) is 18.4 Å². The summed E-state index contributed by atoms with van der Waals surface area (Å²) in [5.41, 5.74) is 3.38. The fourth-order valence-corrected chi connectivity index (χ4v) is 3.15. The largest absolute Gasteiger partial charge is 0.493 e. The maximum atomic E-state index is 12.6. The number of nitrogens with one attached hydrogen (secondary N) is 1. The number of rotatable bonds is 7. The van der Waals surface area contributed by atoms with Crippen LogP contribution in [0.25, 0.3) is 0 Å². The Bertz CT molecular complexity index is 1020. The first-order valence-electron chi connectivity index (χ1n) is 9.66. The standard InChI is InChI=1S/C22H23F2N3O4/c1-13-4-5-14(2)17(10-13)27-20(28)9-7-16(26-27)21(29)25-12-15-6-8-18(31-22(23)24)19(11-15)30-3/h4-6,8,10-11,22H,7,9,12H2,1-3H3,(H,25,29). The summed E-state index contributed by atoms with van der Waals surface area (Å²) in [6.45, 7) is 0.952. The molecule has 0 saturated carbocycles. The summed E-state index contributed by atoms with van der Waals surface area (Å²) in [4.78, 5) is 25.0. The van der Waals surface area contributed by atoms with Crippen molar-refractivity contribution in [3.05, 3.63) is 53.1 Å². The maximum Gasteiger partial charge on any atom is 0.387 e. The molecule has 9 heteroatoms. The van der Waals surface area contributed by atoms with E-state index in [1.807, 2.05) is 32.0 Å². The lowest BCUT2D eigenvalue weighted by Gasteiger charge is -2.24. The van der Waals surface area contributed by atoms with Crippen LogP contribution in [0.1, 0.15) is 29.5 Å². The third kappa shape index (κ3) is 5.36. The molecular formula is C22H23F2N3O4. The van der Waals surface area contributed by atoms with Crippen LogP contribution in [0.2, 0.25) is 0 Å². The van der Waals surface area contributed by atoms with Crippen LogP contribution in [0.3, 0.4) is 0 Å². The van der Waals surface area contributed by atoms with E-state index in [4.69, 9.17) is 4.74 Å². The lowest BCUT2D eigenvalue weighted by molar-refractivity contribution is -0.119. The van der Waals surface area contributed by atoms with E-state index in [0.29, 0.717) is 11.3 Å². The Morgan fingerprint density at radius 3 is 2.65 bits per heavy atom. The van der Waals surface area contributed by atoms with Gasteiger partial charge in [-0.1, -0.05) is 18.2 Å². The Morgan fingerprint density at radius 1 is 1.16 bits per heavy atom. The van der Waals surface area contributed by atoms with Crippen molar-refractivity contribution < 1.29 is 27.8 Å². The molecular weight excluding hydrogens is 408 g/mol. The SMILES string of the molecule is COc1cc(CNC(=O)C2=NN(c3cc(C)ccc3C)C(=O)CC2)ccc1OC(F)F. The molecule has 0 aromatic heterocycles. The minimum atomic E-state index is -2.97. The average molecular weight is 431 g/mol. The number of aryl methyl sites for hydroxylation is 2. The van der Waals surface area contributed by atoms with Gasteiger partial charge in [-0.3, -0.25) is 9.59 Å². The third-order valence-corrected chi connectivity index (χ3v) is 4.78. The second-order valence-electron chi connectivity index (χ2n) is 7.09. The van der Waals surface area contributed by atoms with Crippen molar-refractivity contribution >= 4 is 23.2 Å². The fraction of sp³-hybridized carbons (Fsp3) is 0.318. The summed E-state index contributed by atoms with van der Waals surface area (Å²) in [5, 5.41) is 8.31. The van der Waals surface area contributed by atoms with Crippen LogP contribution in [-0.2, 0) is 16.1 Å². The van der Waals surface area contributed by atoms with Gasteiger partial charge in [0.25, 0.3) is 5.91 Å². The summed E-state index contributed by atoms with van der Waals surface area (Å²) >= 11 is 0. The van der Waals surface area contributed by atoms with Gasteiger partial charge < -0.3 is 14.8 Å². The topological polar surface area (TPSA) is 80.2 Å². The van der Waals surface area contributed by atoms with E-state index in [2.05, 4.69) is 15.2 Å². The lowest BCUT2D eigenvalue weighted by Crippen LogP contribution is -2.39. The summed E-state index contributed by atoms with van der Waals surface area (Å²) in [6, 6.07) is 10.1. The van der Waals surface area contributed by atoms with Crippen LogP contribution in [0.15, 0.2) is 41.5 Å². The van der Waals surface area contributed by atoms with Crippen molar-refractivity contribution in [2.24, 2.45) is 5.10 Å². The number of methoxy groups -OCH3 is 1. The molecule has 0 unspecified atom stereocenters. The van der Waals surface area contributed by atoms with Crippen molar-refractivity contribution in [3.8, 4) is 11.5 Å². The first-order valence-corrected chi connectivity index (χ1v) is 9.66. The zero-order chi connectivity index (χ0) is 22.5. The molecule has 0 bridgehead atoms. The molecule has 1 aliphatic heterocycles. The molecule has 0 atom stereocenters. The predicted molar refractivity (Wildman–Crippen MR) is 112 cm³/mol. The van der Waals surface area contributed by atoms with Gasteiger partial charge in [0.2, 0.25) is 5.91 Å². The number of hydrogen-bond donors (Lipinski definition) is 1. The van der Waals surface area contributed by atoms with Gasteiger partial charge in [-0.15, -0.1) is 0 Å². The van der Waals surface area contributed by atoms with Crippen LogP contribution >= 0.6 is 0 Å². The Kier molecular flexibility index (Phi) is 6.84. The van der Waals surface area contributed by atoms with Gasteiger partial charge in [0.15, 0.2) is 11.5 Å². The number of anilines is 1. The highest BCUT2D eigenvalue weighted by Crippen LogP contribution is 2.29. The molecule has 2 aromatic rings. The van der Waals surface area contributed by atoms with Crippen LogP contribution in [0.5, 0.6) is 11.5 Å². The number of hydrogen-bond acceptors (Lipinski definition) is 5. The summed E-state index contributed by atoms with van der Waals surface area (Å²) in [7, 11) is 1.34. The van der Waals surface area contributed by atoms with Gasteiger partial charge in [-0.25, -0.2) is 5.01 Å². The zero-order valence-electron chi connectivity index (χ0n) is 17.4. The number of amides is 2. The van der Waals surface area contributed by atoms with E-state index in [-0.39, 0.29) is 42.5 Å². The molecule has 0 saturated heterocycles. The third-order valence-electron chi connectivity index (χ3n) is 4.78. The van der Waals surface area contributed by atoms with Crippen LogP contribution in [-0.4, -0.2) is 31.2 Å². The lowest BCUT2D eigenvalue weighted by atomic mass is 10.1. The molecule has 1 N–H and O–H groups in total. The average Bonchev–Trinajstić information content (AvgIpc) is 2.74.